The highest BCUT2D eigenvalue weighted by Gasteiger charge is 2.45. The van der Waals surface area contributed by atoms with Crippen molar-refractivity contribution in [2.45, 2.75) is 30.7 Å². The molecule has 0 saturated carbocycles. The number of rotatable bonds is 2. The van der Waals surface area contributed by atoms with Crippen LogP contribution in [0.25, 0.3) is 0 Å². The third-order valence-corrected chi connectivity index (χ3v) is 6.10. The van der Waals surface area contributed by atoms with E-state index in [0.29, 0.717) is 4.47 Å². The lowest BCUT2D eigenvalue weighted by atomic mass is 10.0. The highest BCUT2D eigenvalue weighted by molar-refractivity contribution is 9.10. The maximum atomic E-state index is 12.6. The molecule has 0 amide bonds. The molecule has 1 fully saturated rings. The van der Waals surface area contributed by atoms with Crippen LogP contribution in [-0.2, 0) is 14.8 Å². The lowest BCUT2D eigenvalue weighted by Gasteiger charge is -2.29. The Kier molecular flexibility index (Phi) is 3.38. The molecule has 0 radical (unpaired) electrons. The van der Waals surface area contributed by atoms with Gasteiger partial charge in [0.25, 0.3) is 0 Å². The molecule has 0 unspecified atom stereocenters. The molecule has 18 heavy (non-hydrogen) atoms. The van der Waals surface area contributed by atoms with Gasteiger partial charge in [-0.1, -0.05) is 12.1 Å². The molecule has 1 saturated heterocycles. The number of halogens is 1. The topological polar surface area (TPSA) is 54.5 Å². The van der Waals surface area contributed by atoms with Gasteiger partial charge in [-0.05, 0) is 41.9 Å². The Labute approximate surface area is 115 Å². The summed E-state index contributed by atoms with van der Waals surface area (Å²) < 4.78 is 26.9. The van der Waals surface area contributed by atoms with E-state index < -0.39 is 15.6 Å². The van der Waals surface area contributed by atoms with Crippen molar-refractivity contribution in [1.82, 2.24) is 4.31 Å². The Morgan fingerprint density at radius 3 is 2.39 bits per heavy atom. The molecule has 6 heteroatoms. The maximum Gasteiger partial charge on any atom is 0.245 e. The van der Waals surface area contributed by atoms with Gasteiger partial charge < -0.3 is 0 Å². The van der Waals surface area contributed by atoms with Crippen molar-refractivity contribution in [3.8, 4) is 0 Å². The minimum Gasteiger partial charge on any atom is -0.298 e. The minimum absolute atomic E-state index is 0.0450. The van der Waals surface area contributed by atoms with Crippen molar-refractivity contribution in [2.24, 2.45) is 0 Å². The van der Waals surface area contributed by atoms with Crippen LogP contribution in [0.15, 0.2) is 33.6 Å². The van der Waals surface area contributed by atoms with E-state index in [0.717, 1.165) is 0 Å². The van der Waals surface area contributed by atoms with Crippen LogP contribution in [0.1, 0.15) is 20.3 Å². The Bertz CT molecular complexity index is 595. The van der Waals surface area contributed by atoms with E-state index >= 15 is 0 Å². The first kappa shape index (κ1) is 13.7. The first-order valence-electron chi connectivity index (χ1n) is 5.54. The summed E-state index contributed by atoms with van der Waals surface area (Å²) in [7, 11) is -3.64. The highest BCUT2D eigenvalue weighted by Crippen LogP contribution is 2.34. The zero-order chi connectivity index (χ0) is 13.6. The van der Waals surface area contributed by atoms with E-state index in [2.05, 4.69) is 15.9 Å². The summed E-state index contributed by atoms with van der Waals surface area (Å²) in [6.45, 7) is 3.50. The number of sulfonamides is 1. The fourth-order valence-electron chi connectivity index (χ4n) is 2.18. The molecule has 0 aromatic heterocycles. The quantitative estimate of drug-likeness (QED) is 0.834. The van der Waals surface area contributed by atoms with Gasteiger partial charge in [0.15, 0.2) is 0 Å². The van der Waals surface area contributed by atoms with Crippen molar-refractivity contribution in [2.75, 3.05) is 6.54 Å². The van der Waals surface area contributed by atoms with Gasteiger partial charge in [0, 0.05) is 16.4 Å². The van der Waals surface area contributed by atoms with Crippen molar-refractivity contribution in [3.63, 3.8) is 0 Å². The molecule has 0 N–H and O–H groups in total. The smallest absolute Gasteiger partial charge is 0.245 e. The van der Waals surface area contributed by atoms with Gasteiger partial charge in [-0.3, -0.25) is 4.79 Å². The Balaban J connectivity index is 2.51. The van der Waals surface area contributed by atoms with Gasteiger partial charge in [0.1, 0.15) is 5.78 Å². The van der Waals surface area contributed by atoms with Crippen LogP contribution in [0.2, 0.25) is 0 Å². The molecule has 0 atom stereocenters. The summed E-state index contributed by atoms with van der Waals surface area (Å²) in [5, 5.41) is 0. The zero-order valence-electron chi connectivity index (χ0n) is 10.2. The number of hydrogen-bond acceptors (Lipinski definition) is 3. The van der Waals surface area contributed by atoms with Gasteiger partial charge in [-0.15, -0.1) is 0 Å². The predicted octanol–water partition coefficient (Wildman–Crippen LogP) is 2.19. The third kappa shape index (κ3) is 2.24. The second-order valence-corrected chi connectivity index (χ2v) is 7.66. The van der Waals surface area contributed by atoms with Crippen molar-refractivity contribution in [3.05, 3.63) is 28.7 Å². The molecule has 2 rings (SSSR count). The highest BCUT2D eigenvalue weighted by atomic mass is 79.9. The van der Waals surface area contributed by atoms with E-state index in [9.17, 15) is 13.2 Å². The Hall–Kier alpha value is -0.720. The van der Waals surface area contributed by atoms with Gasteiger partial charge in [0.2, 0.25) is 10.0 Å². The normalized spacial score (nSPS) is 20.3. The summed E-state index contributed by atoms with van der Waals surface area (Å²) in [6.07, 6.45) is 0.261. The lowest BCUT2D eigenvalue weighted by Crippen LogP contribution is -2.42. The summed E-state index contributed by atoms with van der Waals surface area (Å²) in [6, 6.07) is 6.64. The second-order valence-electron chi connectivity index (χ2n) is 4.97. The predicted molar refractivity (Wildman–Crippen MR) is 71.7 cm³/mol. The van der Waals surface area contributed by atoms with E-state index in [1.165, 1.54) is 10.4 Å². The van der Waals surface area contributed by atoms with Crippen LogP contribution in [0.3, 0.4) is 0 Å². The fourth-order valence-corrected chi connectivity index (χ4v) is 4.91. The van der Waals surface area contributed by atoms with E-state index in [-0.39, 0.29) is 23.6 Å². The number of hydrogen-bond donors (Lipinski definition) is 0. The number of ketones is 1. The Morgan fingerprint density at radius 2 is 1.89 bits per heavy atom. The van der Waals surface area contributed by atoms with Gasteiger partial charge >= 0.3 is 0 Å². The fraction of sp³-hybridized carbons (Fsp3) is 0.417. The third-order valence-electron chi connectivity index (χ3n) is 3.03. The van der Waals surface area contributed by atoms with Crippen LogP contribution in [0, 0.1) is 0 Å². The second kappa shape index (κ2) is 4.43. The standard InChI is InChI=1S/C12H14BrNO3S/c1-12(2)7-9(15)8-14(12)18(16,17)11-6-4-3-5-10(11)13/h3-6H,7-8H2,1-2H3. The van der Waals surface area contributed by atoms with Crippen molar-refractivity contribution in [1.29, 1.82) is 0 Å². The van der Waals surface area contributed by atoms with Gasteiger partial charge in [-0.25, -0.2) is 8.42 Å². The molecular formula is C12H14BrNO3S. The number of Topliss-reactive ketones (excluding diaryl/α,β-unsaturated/α-hetero) is 1. The van der Waals surface area contributed by atoms with Crippen LogP contribution < -0.4 is 0 Å². The number of carbonyl (C=O) groups is 1. The molecule has 4 nitrogen and oxygen atoms in total. The van der Waals surface area contributed by atoms with Gasteiger partial charge in [0.05, 0.1) is 11.4 Å². The molecule has 0 spiro atoms. The molecule has 1 heterocycles. The number of benzene rings is 1. The molecule has 98 valence electrons. The largest absolute Gasteiger partial charge is 0.298 e. The number of carbonyl (C=O) groups excluding carboxylic acids is 1. The van der Waals surface area contributed by atoms with Crippen molar-refractivity contribution >= 4 is 31.7 Å². The molecule has 0 bridgehead atoms. The molecule has 1 aromatic rings. The maximum absolute atomic E-state index is 12.6. The Morgan fingerprint density at radius 1 is 1.28 bits per heavy atom. The average molecular weight is 332 g/mol. The van der Waals surface area contributed by atoms with Crippen LogP contribution in [0.4, 0.5) is 0 Å². The first-order chi connectivity index (χ1) is 8.25. The van der Waals surface area contributed by atoms with Crippen LogP contribution in [-0.4, -0.2) is 30.6 Å². The average Bonchev–Trinajstić information content (AvgIpc) is 2.53. The summed E-state index contributed by atoms with van der Waals surface area (Å²) >= 11 is 3.24. The van der Waals surface area contributed by atoms with Crippen molar-refractivity contribution < 1.29 is 13.2 Å². The number of nitrogens with zero attached hydrogens (tertiary/aromatic N) is 1. The van der Waals surface area contributed by atoms with Crippen LogP contribution >= 0.6 is 15.9 Å². The summed E-state index contributed by atoms with van der Waals surface area (Å²) in [5.41, 5.74) is -0.662. The molecular weight excluding hydrogens is 318 g/mol. The first-order valence-corrected chi connectivity index (χ1v) is 7.77. The van der Waals surface area contributed by atoms with E-state index in [1.807, 2.05) is 0 Å². The molecule has 1 aromatic carbocycles. The summed E-state index contributed by atoms with van der Waals surface area (Å²) in [4.78, 5) is 11.7. The minimum atomic E-state index is -3.64. The SMILES string of the molecule is CC1(C)CC(=O)CN1S(=O)(=O)c1ccccc1Br. The molecule has 0 aliphatic carbocycles. The monoisotopic (exact) mass is 331 g/mol. The lowest BCUT2D eigenvalue weighted by molar-refractivity contribution is -0.116. The molecule has 1 aliphatic heterocycles. The van der Waals surface area contributed by atoms with E-state index in [1.54, 1.807) is 32.0 Å². The van der Waals surface area contributed by atoms with Gasteiger partial charge in [-0.2, -0.15) is 4.31 Å². The van der Waals surface area contributed by atoms with E-state index in [4.69, 9.17) is 0 Å². The van der Waals surface area contributed by atoms with Crippen LogP contribution in [0.5, 0.6) is 0 Å². The zero-order valence-corrected chi connectivity index (χ0v) is 12.6. The summed E-state index contributed by atoms with van der Waals surface area (Å²) in [5.74, 6) is -0.0457. The molecule has 1 aliphatic rings.